The van der Waals surface area contributed by atoms with Crippen molar-refractivity contribution in [3.63, 3.8) is 0 Å². The number of rotatable bonds is 5. The second-order valence-corrected chi connectivity index (χ2v) is 4.60. The Bertz CT molecular complexity index is 405. The molecule has 0 aliphatic rings. The van der Waals surface area contributed by atoms with Crippen LogP contribution in [0.4, 0.5) is 0 Å². The first-order valence-corrected chi connectivity index (χ1v) is 6.09. The standard InChI is InChI=1S/C12H15BrN2O/c1-15-7-5-10(9-15)8-14-6-4-11-2-3-12(13)16-11/h2-3,5,7,9,14H,4,6,8H2,1H3. The van der Waals surface area contributed by atoms with Crippen molar-refractivity contribution in [2.45, 2.75) is 13.0 Å². The van der Waals surface area contributed by atoms with Crippen LogP contribution in [0.5, 0.6) is 0 Å². The molecule has 2 aromatic rings. The molecule has 0 atom stereocenters. The van der Waals surface area contributed by atoms with E-state index in [0.717, 1.165) is 29.9 Å². The van der Waals surface area contributed by atoms with E-state index in [9.17, 15) is 0 Å². The Morgan fingerprint density at radius 2 is 2.25 bits per heavy atom. The molecule has 0 spiro atoms. The van der Waals surface area contributed by atoms with Crippen LogP contribution in [0.15, 0.2) is 39.7 Å². The van der Waals surface area contributed by atoms with Gasteiger partial charge in [-0.25, -0.2) is 0 Å². The van der Waals surface area contributed by atoms with Crippen LogP contribution in [0.2, 0.25) is 0 Å². The van der Waals surface area contributed by atoms with Crippen molar-refractivity contribution in [3.8, 4) is 0 Å². The van der Waals surface area contributed by atoms with Gasteiger partial charge in [0.25, 0.3) is 0 Å². The minimum absolute atomic E-state index is 0.797. The van der Waals surface area contributed by atoms with Crippen LogP contribution in [0, 0.1) is 0 Å². The molecule has 0 aromatic carbocycles. The topological polar surface area (TPSA) is 30.1 Å². The van der Waals surface area contributed by atoms with E-state index in [4.69, 9.17) is 4.42 Å². The first kappa shape index (κ1) is 11.5. The molecular weight excluding hydrogens is 268 g/mol. The minimum Gasteiger partial charge on any atom is -0.454 e. The summed E-state index contributed by atoms with van der Waals surface area (Å²) in [7, 11) is 2.03. The molecule has 0 saturated heterocycles. The zero-order valence-corrected chi connectivity index (χ0v) is 10.8. The van der Waals surface area contributed by atoms with Crippen LogP contribution in [0.3, 0.4) is 0 Å². The van der Waals surface area contributed by atoms with Gasteiger partial charge in [0.1, 0.15) is 5.76 Å². The molecule has 0 radical (unpaired) electrons. The summed E-state index contributed by atoms with van der Waals surface area (Å²) in [6.45, 7) is 1.83. The quantitative estimate of drug-likeness (QED) is 0.855. The molecular formula is C12H15BrN2O. The highest BCUT2D eigenvalue weighted by Crippen LogP contribution is 2.13. The van der Waals surface area contributed by atoms with E-state index in [1.165, 1.54) is 5.56 Å². The molecule has 2 heterocycles. The Kier molecular flexibility index (Phi) is 3.85. The van der Waals surface area contributed by atoms with Gasteiger partial charge in [0.05, 0.1) is 0 Å². The van der Waals surface area contributed by atoms with Crippen molar-refractivity contribution in [3.05, 3.63) is 46.6 Å². The Labute approximate surface area is 104 Å². The zero-order valence-electron chi connectivity index (χ0n) is 9.24. The molecule has 0 amide bonds. The summed E-state index contributed by atoms with van der Waals surface area (Å²) in [6, 6.07) is 6.04. The van der Waals surface area contributed by atoms with Crippen LogP contribution >= 0.6 is 15.9 Å². The second kappa shape index (κ2) is 5.37. The molecule has 0 saturated carbocycles. The zero-order chi connectivity index (χ0) is 11.4. The summed E-state index contributed by atoms with van der Waals surface area (Å²) in [4.78, 5) is 0. The van der Waals surface area contributed by atoms with Gasteiger partial charge in [0, 0.05) is 39.0 Å². The van der Waals surface area contributed by atoms with E-state index in [1.807, 2.05) is 19.2 Å². The summed E-state index contributed by atoms with van der Waals surface area (Å²) < 4.78 is 8.27. The lowest BCUT2D eigenvalue weighted by Gasteiger charge is -2.01. The molecule has 0 bridgehead atoms. The largest absolute Gasteiger partial charge is 0.454 e. The van der Waals surface area contributed by atoms with Crippen molar-refractivity contribution in [2.24, 2.45) is 7.05 Å². The molecule has 16 heavy (non-hydrogen) atoms. The number of hydrogen-bond donors (Lipinski definition) is 1. The third kappa shape index (κ3) is 3.25. The number of aromatic nitrogens is 1. The minimum atomic E-state index is 0.797. The molecule has 86 valence electrons. The first-order valence-electron chi connectivity index (χ1n) is 5.30. The van der Waals surface area contributed by atoms with E-state index in [1.54, 1.807) is 0 Å². The molecule has 4 heteroatoms. The fraction of sp³-hybridized carbons (Fsp3) is 0.333. The summed E-state index contributed by atoms with van der Waals surface area (Å²) in [5.41, 5.74) is 1.31. The Balaban J connectivity index is 1.69. The van der Waals surface area contributed by atoms with Crippen molar-refractivity contribution >= 4 is 15.9 Å². The number of nitrogens with one attached hydrogen (secondary N) is 1. The van der Waals surface area contributed by atoms with Crippen molar-refractivity contribution in [1.29, 1.82) is 0 Å². The van der Waals surface area contributed by atoms with Gasteiger partial charge in [-0.05, 0) is 39.7 Å². The Hall–Kier alpha value is -1.000. The average molecular weight is 283 g/mol. The van der Waals surface area contributed by atoms with Crippen LogP contribution in [0.1, 0.15) is 11.3 Å². The lowest BCUT2D eigenvalue weighted by Crippen LogP contribution is -2.16. The number of hydrogen-bond acceptors (Lipinski definition) is 2. The van der Waals surface area contributed by atoms with Crippen LogP contribution in [-0.2, 0) is 20.0 Å². The van der Waals surface area contributed by atoms with Crippen LogP contribution < -0.4 is 5.32 Å². The molecule has 0 aliphatic heterocycles. The lowest BCUT2D eigenvalue weighted by atomic mass is 10.3. The third-order valence-electron chi connectivity index (χ3n) is 2.40. The van der Waals surface area contributed by atoms with Gasteiger partial charge < -0.3 is 14.3 Å². The summed E-state index contributed by atoms with van der Waals surface area (Å²) in [5.74, 6) is 1.01. The second-order valence-electron chi connectivity index (χ2n) is 3.82. The van der Waals surface area contributed by atoms with Crippen LogP contribution in [-0.4, -0.2) is 11.1 Å². The predicted molar refractivity (Wildman–Crippen MR) is 67.2 cm³/mol. The Morgan fingerprint density at radius 3 is 2.88 bits per heavy atom. The van der Waals surface area contributed by atoms with Gasteiger partial charge >= 0.3 is 0 Å². The van der Waals surface area contributed by atoms with Crippen molar-refractivity contribution in [1.82, 2.24) is 9.88 Å². The van der Waals surface area contributed by atoms with Gasteiger partial charge in [-0.2, -0.15) is 0 Å². The molecule has 0 aliphatic carbocycles. The number of aryl methyl sites for hydroxylation is 1. The van der Waals surface area contributed by atoms with Gasteiger partial charge in [-0.1, -0.05) is 0 Å². The van der Waals surface area contributed by atoms with Gasteiger partial charge in [-0.3, -0.25) is 0 Å². The highest BCUT2D eigenvalue weighted by atomic mass is 79.9. The highest BCUT2D eigenvalue weighted by molar-refractivity contribution is 9.10. The van der Waals surface area contributed by atoms with Crippen LogP contribution in [0.25, 0.3) is 0 Å². The van der Waals surface area contributed by atoms with Gasteiger partial charge in [-0.15, -0.1) is 0 Å². The van der Waals surface area contributed by atoms with E-state index >= 15 is 0 Å². The maximum Gasteiger partial charge on any atom is 0.169 e. The fourth-order valence-corrected chi connectivity index (χ4v) is 1.94. The Morgan fingerprint density at radius 1 is 1.38 bits per heavy atom. The van der Waals surface area contributed by atoms with Gasteiger partial charge in [0.2, 0.25) is 0 Å². The molecule has 3 nitrogen and oxygen atoms in total. The smallest absolute Gasteiger partial charge is 0.169 e. The monoisotopic (exact) mass is 282 g/mol. The molecule has 0 unspecified atom stereocenters. The molecule has 2 rings (SSSR count). The summed E-state index contributed by atoms with van der Waals surface area (Å²) in [5, 5.41) is 3.38. The van der Waals surface area contributed by atoms with Crippen molar-refractivity contribution in [2.75, 3.05) is 6.54 Å². The van der Waals surface area contributed by atoms with Crippen molar-refractivity contribution < 1.29 is 4.42 Å². The number of halogens is 1. The normalized spacial score (nSPS) is 10.9. The summed E-state index contributed by atoms with van der Waals surface area (Å²) >= 11 is 3.29. The lowest BCUT2D eigenvalue weighted by molar-refractivity contribution is 0.479. The van der Waals surface area contributed by atoms with E-state index in [-0.39, 0.29) is 0 Å². The summed E-state index contributed by atoms with van der Waals surface area (Å²) in [6.07, 6.45) is 5.09. The maximum absolute atomic E-state index is 5.41. The number of nitrogens with zero attached hydrogens (tertiary/aromatic N) is 1. The third-order valence-corrected chi connectivity index (χ3v) is 2.83. The molecule has 2 aromatic heterocycles. The van der Waals surface area contributed by atoms with E-state index < -0.39 is 0 Å². The maximum atomic E-state index is 5.41. The molecule has 1 N–H and O–H groups in total. The number of furan rings is 1. The van der Waals surface area contributed by atoms with E-state index in [0.29, 0.717) is 0 Å². The average Bonchev–Trinajstić information content (AvgIpc) is 2.83. The highest BCUT2D eigenvalue weighted by Gasteiger charge is 1.99. The van der Waals surface area contributed by atoms with E-state index in [2.05, 4.69) is 44.3 Å². The molecule has 0 fully saturated rings. The predicted octanol–water partition coefficient (Wildman–Crippen LogP) is 2.71. The SMILES string of the molecule is Cn1ccc(CNCCc2ccc(Br)o2)c1. The van der Waals surface area contributed by atoms with Gasteiger partial charge in [0.15, 0.2) is 4.67 Å². The first-order chi connectivity index (χ1) is 7.74. The fourth-order valence-electron chi connectivity index (χ4n) is 1.60.